The molecule has 2 atom stereocenters. The fourth-order valence-electron chi connectivity index (χ4n) is 6.10. The molecular formula is C31H30N6O4. The number of benzene rings is 2. The second kappa shape index (κ2) is 10.2. The Bertz CT molecular complexity index is 1660. The third kappa shape index (κ3) is 4.67. The Labute approximate surface area is 237 Å². The van der Waals surface area contributed by atoms with E-state index in [0.717, 1.165) is 67.2 Å². The molecule has 4 aromatic rings. The summed E-state index contributed by atoms with van der Waals surface area (Å²) in [5, 5.41) is 19.1. The fourth-order valence-corrected chi connectivity index (χ4v) is 6.10. The number of imidazole rings is 1. The van der Waals surface area contributed by atoms with Gasteiger partial charge in [0.05, 0.1) is 24.3 Å². The largest absolute Gasteiger partial charge is 0.488 e. The summed E-state index contributed by atoms with van der Waals surface area (Å²) >= 11 is 0. The van der Waals surface area contributed by atoms with Crippen molar-refractivity contribution in [1.29, 1.82) is 5.26 Å². The lowest BCUT2D eigenvalue weighted by Crippen LogP contribution is -2.36. The van der Waals surface area contributed by atoms with Crippen LogP contribution < -0.4 is 9.64 Å². The number of aromatic amines is 1. The number of nitrogens with one attached hydrogen (secondary N) is 1. The average molecular weight is 551 g/mol. The van der Waals surface area contributed by atoms with Crippen LogP contribution in [0.15, 0.2) is 54.7 Å². The Kier molecular flexibility index (Phi) is 6.33. The molecule has 3 aliphatic rings. The van der Waals surface area contributed by atoms with E-state index in [1.807, 2.05) is 24.3 Å². The topological polar surface area (TPSA) is 128 Å². The number of nitriles is 1. The van der Waals surface area contributed by atoms with Gasteiger partial charge in [-0.15, -0.1) is 0 Å². The summed E-state index contributed by atoms with van der Waals surface area (Å²) in [7, 11) is 0. The fraction of sp³-hybridized carbons (Fsp3) is 0.355. The number of carbonyl (C=O) groups is 1. The maximum absolute atomic E-state index is 11.9. The van der Waals surface area contributed by atoms with Gasteiger partial charge in [0.1, 0.15) is 30.4 Å². The number of nitrogens with zero attached hydrogens (tertiary/aromatic N) is 5. The van der Waals surface area contributed by atoms with Crippen LogP contribution in [0.4, 0.5) is 5.69 Å². The molecule has 2 aromatic heterocycles. The highest BCUT2D eigenvalue weighted by atomic mass is 16.5. The first-order valence-electron chi connectivity index (χ1n) is 13.9. The Hall–Kier alpha value is -4.46. The molecule has 10 heteroatoms. The lowest BCUT2D eigenvalue weighted by atomic mass is 10.0. The van der Waals surface area contributed by atoms with E-state index in [1.165, 1.54) is 5.69 Å². The quantitative estimate of drug-likeness (QED) is 0.374. The van der Waals surface area contributed by atoms with E-state index in [2.05, 4.69) is 45.2 Å². The van der Waals surface area contributed by atoms with E-state index in [-0.39, 0.29) is 17.4 Å². The highest BCUT2D eigenvalue weighted by Gasteiger charge is 2.60. The summed E-state index contributed by atoms with van der Waals surface area (Å²) in [6.07, 6.45) is 3.36. The number of carbonyl (C=O) groups excluding carboxylic acids is 1. The van der Waals surface area contributed by atoms with E-state index >= 15 is 0 Å². The lowest BCUT2D eigenvalue weighted by molar-refractivity contribution is -0.133. The molecule has 10 nitrogen and oxygen atoms in total. The van der Waals surface area contributed by atoms with E-state index in [1.54, 1.807) is 11.1 Å². The summed E-state index contributed by atoms with van der Waals surface area (Å²) in [6, 6.07) is 18.2. The second-order valence-corrected chi connectivity index (χ2v) is 11.0. The summed E-state index contributed by atoms with van der Waals surface area (Å²) in [6.45, 7) is 4.01. The van der Waals surface area contributed by atoms with Gasteiger partial charge in [-0.1, -0.05) is 6.07 Å². The number of aliphatic hydroxyl groups excluding tert-OH is 1. The van der Waals surface area contributed by atoms with Gasteiger partial charge in [0.25, 0.3) is 0 Å². The van der Waals surface area contributed by atoms with Crippen LogP contribution in [-0.4, -0.2) is 83.0 Å². The molecule has 1 aliphatic carbocycles. The van der Waals surface area contributed by atoms with Crippen molar-refractivity contribution in [2.75, 3.05) is 50.9 Å². The SMILES string of the molecule is N#Cc1cc(-c2ccnc3nc(-c4ccc(N5CCOCC5)cc4)[nH]c23)ccc1O[C@@H]1CC12CCN(C(=O)CO)C2. The molecular weight excluding hydrogens is 520 g/mol. The lowest BCUT2D eigenvalue weighted by Gasteiger charge is -2.28. The molecule has 1 unspecified atom stereocenters. The van der Waals surface area contributed by atoms with Crippen molar-refractivity contribution in [2.24, 2.45) is 5.41 Å². The third-order valence-electron chi connectivity index (χ3n) is 8.58. The van der Waals surface area contributed by atoms with Crippen molar-refractivity contribution < 1.29 is 19.4 Å². The molecule has 0 bridgehead atoms. The highest BCUT2D eigenvalue weighted by molar-refractivity contribution is 5.92. The molecule has 7 rings (SSSR count). The van der Waals surface area contributed by atoms with Crippen LogP contribution in [0.2, 0.25) is 0 Å². The number of hydrogen-bond acceptors (Lipinski definition) is 8. The van der Waals surface area contributed by atoms with Crippen molar-refractivity contribution in [1.82, 2.24) is 19.9 Å². The minimum absolute atomic E-state index is 0.0469. The minimum atomic E-state index is -0.469. The third-order valence-corrected chi connectivity index (χ3v) is 8.58. The van der Waals surface area contributed by atoms with Crippen LogP contribution in [0.1, 0.15) is 18.4 Å². The molecule has 0 radical (unpaired) electrons. The van der Waals surface area contributed by atoms with Gasteiger partial charge in [-0.2, -0.15) is 5.26 Å². The van der Waals surface area contributed by atoms with Crippen molar-refractivity contribution in [3.63, 3.8) is 0 Å². The summed E-state index contributed by atoms with van der Waals surface area (Å²) in [5.41, 5.74) is 5.68. The zero-order valence-corrected chi connectivity index (χ0v) is 22.5. The van der Waals surface area contributed by atoms with Gasteiger partial charge in [0, 0.05) is 54.6 Å². The van der Waals surface area contributed by atoms with Crippen LogP contribution in [0, 0.1) is 16.7 Å². The van der Waals surface area contributed by atoms with Crippen molar-refractivity contribution in [3.8, 4) is 34.3 Å². The number of rotatable bonds is 6. The van der Waals surface area contributed by atoms with Gasteiger partial charge in [-0.05, 0) is 60.9 Å². The van der Waals surface area contributed by atoms with Crippen molar-refractivity contribution in [3.05, 3.63) is 60.3 Å². The first-order chi connectivity index (χ1) is 20.1. The van der Waals surface area contributed by atoms with Crippen LogP contribution in [0.25, 0.3) is 33.7 Å². The van der Waals surface area contributed by atoms with Gasteiger partial charge < -0.3 is 29.4 Å². The van der Waals surface area contributed by atoms with Gasteiger partial charge in [0.2, 0.25) is 5.91 Å². The maximum atomic E-state index is 11.9. The number of amides is 1. The molecule has 3 fully saturated rings. The molecule has 2 N–H and O–H groups in total. The zero-order valence-electron chi connectivity index (χ0n) is 22.5. The van der Waals surface area contributed by atoms with Crippen molar-refractivity contribution in [2.45, 2.75) is 18.9 Å². The maximum Gasteiger partial charge on any atom is 0.248 e. The molecule has 2 aromatic carbocycles. The van der Waals surface area contributed by atoms with E-state index in [4.69, 9.17) is 14.5 Å². The number of pyridine rings is 1. The normalized spacial score (nSPS) is 21.8. The molecule has 2 saturated heterocycles. The number of ether oxygens (including phenoxy) is 2. The predicted octanol–water partition coefficient (Wildman–Crippen LogP) is 3.36. The average Bonchev–Trinajstić information content (AvgIpc) is 3.32. The first kappa shape index (κ1) is 25.5. The van der Waals surface area contributed by atoms with E-state index < -0.39 is 6.61 Å². The predicted molar refractivity (Wildman–Crippen MR) is 152 cm³/mol. The number of H-pyrrole nitrogens is 1. The molecule has 1 amide bonds. The van der Waals surface area contributed by atoms with Crippen LogP contribution in [0.5, 0.6) is 5.75 Å². The number of aliphatic hydroxyl groups is 1. The summed E-state index contributed by atoms with van der Waals surface area (Å²) < 4.78 is 11.7. The van der Waals surface area contributed by atoms with Gasteiger partial charge in [0.15, 0.2) is 5.65 Å². The Morgan fingerprint density at radius 1 is 1.15 bits per heavy atom. The van der Waals surface area contributed by atoms with E-state index in [0.29, 0.717) is 30.0 Å². The van der Waals surface area contributed by atoms with Gasteiger partial charge in [-0.25, -0.2) is 9.97 Å². The van der Waals surface area contributed by atoms with Crippen LogP contribution in [0.3, 0.4) is 0 Å². The number of morpholine rings is 1. The van der Waals surface area contributed by atoms with Gasteiger partial charge in [-0.3, -0.25) is 4.79 Å². The highest BCUT2D eigenvalue weighted by Crippen LogP contribution is 2.55. The molecule has 41 heavy (non-hydrogen) atoms. The Morgan fingerprint density at radius 2 is 1.95 bits per heavy atom. The second-order valence-electron chi connectivity index (χ2n) is 11.0. The Balaban J connectivity index is 1.12. The molecule has 1 spiro atoms. The molecule has 208 valence electrons. The molecule has 2 aliphatic heterocycles. The summed E-state index contributed by atoms with van der Waals surface area (Å²) in [5.74, 6) is 1.03. The van der Waals surface area contributed by atoms with Crippen molar-refractivity contribution >= 4 is 22.8 Å². The molecule has 1 saturated carbocycles. The number of aromatic nitrogens is 3. The van der Waals surface area contributed by atoms with Crippen LogP contribution in [-0.2, 0) is 9.53 Å². The minimum Gasteiger partial charge on any atom is -0.488 e. The van der Waals surface area contributed by atoms with Crippen LogP contribution >= 0.6 is 0 Å². The first-order valence-corrected chi connectivity index (χ1v) is 13.9. The van der Waals surface area contributed by atoms with Gasteiger partial charge >= 0.3 is 0 Å². The summed E-state index contributed by atoms with van der Waals surface area (Å²) in [4.78, 5) is 28.6. The Morgan fingerprint density at radius 3 is 2.73 bits per heavy atom. The molecule has 4 heterocycles. The number of anilines is 1. The number of likely N-dealkylation sites (tertiary alicyclic amines) is 1. The standard InChI is InChI=1S/C31H30N6O4/c32-17-22-15-21(3-6-25(22)41-26-16-31(26)8-10-37(19-31)27(39)18-38)24-7-9-33-30-28(24)34-29(35-30)20-1-4-23(5-2-20)36-11-13-40-14-12-36/h1-7,9,15,26,38H,8,10-14,16,18-19H2,(H,33,34,35)/t26-,31?/m1/s1. The monoisotopic (exact) mass is 550 g/mol. The zero-order chi connectivity index (χ0) is 28.0. The number of fused-ring (bicyclic) bond motifs is 1. The smallest absolute Gasteiger partial charge is 0.248 e. The van der Waals surface area contributed by atoms with E-state index in [9.17, 15) is 15.2 Å². The number of hydrogen-bond donors (Lipinski definition) is 2.